The zero-order valence-electron chi connectivity index (χ0n) is 29.1. The van der Waals surface area contributed by atoms with Gasteiger partial charge in [0.1, 0.15) is 28.4 Å². The van der Waals surface area contributed by atoms with Crippen molar-refractivity contribution < 1.29 is 28.5 Å². The van der Waals surface area contributed by atoms with E-state index >= 15 is 0 Å². The average molecular weight is 669 g/mol. The highest BCUT2D eigenvalue weighted by Crippen LogP contribution is 2.46. The van der Waals surface area contributed by atoms with Crippen LogP contribution in [0.5, 0.6) is 5.75 Å². The molecule has 10 nitrogen and oxygen atoms in total. The number of carbonyl (C=O) groups excluding carboxylic acids is 2. The summed E-state index contributed by atoms with van der Waals surface area (Å²) in [7, 11) is 1.65. The maximum atomic E-state index is 13.4. The molecule has 2 heterocycles. The van der Waals surface area contributed by atoms with Crippen molar-refractivity contribution in [3.05, 3.63) is 106 Å². The molecule has 0 spiro atoms. The minimum Gasteiger partial charge on any atom is -0.501 e. The topological polar surface area (TPSA) is 111 Å². The Balaban J connectivity index is 1.23. The first kappa shape index (κ1) is 35.6. The number of morpholine rings is 1. The van der Waals surface area contributed by atoms with Gasteiger partial charge in [-0.2, -0.15) is 0 Å². The molecular formula is C39H48N4O6. The quantitative estimate of drug-likeness (QED) is 0.106. The fourth-order valence-electron chi connectivity index (χ4n) is 5.67. The number of ether oxygens (including phenoxy) is 4. The van der Waals surface area contributed by atoms with Crippen molar-refractivity contribution in [3.8, 4) is 5.75 Å². The third kappa shape index (κ3) is 9.93. The van der Waals surface area contributed by atoms with Crippen LogP contribution in [0.2, 0.25) is 0 Å². The number of nitrogens with one attached hydrogen (secondary N) is 2. The van der Waals surface area contributed by atoms with Crippen LogP contribution in [0.3, 0.4) is 0 Å². The minimum atomic E-state index is -1.09. The van der Waals surface area contributed by atoms with Crippen LogP contribution in [-0.4, -0.2) is 68.3 Å². The first-order chi connectivity index (χ1) is 23.8. The van der Waals surface area contributed by atoms with Crippen molar-refractivity contribution in [1.29, 1.82) is 0 Å². The van der Waals surface area contributed by atoms with E-state index in [1.54, 1.807) is 31.5 Å². The van der Waals surface area contributed by atoms with Crippen molar-refractivity contribution in [2.24, 2.45) is 5.41 Å². The third-order valence-corrected chi connectivity index (χ3v) is 8.74. The molecule has 260 valence electrons. The van der Waals surface area contributed by atoms with Crippen LogP contribution >= 0.6 is 0 Å². The van der Waals surface area contributed by atoms with E-state index in [0.29, 0.717) is 48.8 Å². The molecule has 0 aromatic carbocycles. The molecule has 1 aromatic heterocycles. The second kappa shape index (κ2) is 17.1. The molecule has 2 fully saturated rings. The first-order valence-electron chi connectivity index (χ1n) is 17.0. The van der Waals surface area contributed by atoms with E-state index in [-0.39, 0.29) is 11.8 Å². The maximum absolute atomic E-state index is 13.4. The number of allylic oxidation sites excluding steroid dienone is 10. The van der Waals surface area contributed by atoms with E-state index in [4.69, 9.17) is 18.9 Å². The summed E-state index contributed by atoms with van der Waals surface area (Å²) in [4.78, 5) is 33.6. The lowest BCUT2D eigenvalue weighted by Crippen LogP contribution is -2.42. The molecule has 0 unspecified atom stereocenters. The Morgan fingerprint density at radius 3 is 2.67 bits per heavy atom. The van der Waals surface area contributed by atoms with Crippen molar-refractivity contribution in [2.45, 2.75) is 52.9 Å². The van der Waals surface area contributed by atoms with E-state index in [1.165, 1.54) is 5.57 Å². The number of hydrogen-bond donors (Lipinski definition) is 2. The highest BCUT2D eigenvalue weighted by Gasteiger charge is 2.56. The van der Waals surface area contributed by atoms with Gasteiger partial charge >= 0.3 is 0 Å². The highest BCUT2D eigenvalue weighted by atomic mass is 16.5. The SMILES string of the molecule is C\C=C/C(=C\C=C(/C)Oc1ccnc2c1C=C(OC)CC(OCCCN1CCOCC1)=C2)NC(=O)C1(C(=O)NC2=CC=C(C)CC=C2)CC1. The Morgan fingerprint density at radius 1 is 1.10 bits per heavy atom. The minimum absolute atomic E-state index is 0.291. The van der Waals surface area contributed by atoms with Crippen molar-refractivity contribution >= 4 is 24.0 Å². The molecule has 4 aliphatic rings. The Bertz CT molecular complexity index is 1630. The third-order valence-electron chi connectivity index (χ3n) is 8.74. The molecule has 1 aromatic rings. The van der Waals surface area contributed by atoms with Gasteiger partial charge in [0.15, 0.2) is 0 Å². The van der Waals surface area contributed by atoms with Crippen molar-refractivity contribution in [3.63, 3.8) is 0 Å². The zero-order valence-corrected chi connectivity index (χ0v) is 29.1. The second-order valence-electron chi connectivity index (χ2n) is 12.6. The molecule has 2 amide bonds. The number of aromatic nitrogens is 1. The summed E-state index contributed by atoms with van der Waals surface area (Å²) in [5.74, 6) is 2.13. The predicted octanol–water partition coefficient (Wildman–Crippen LogP) is 6.10. The number of nitrogens with zero attached hydrogens (tertiary/aromatic N) is 2. The van der Waals surface area contributed by atoms with Gasteiger partial charge in [0, 0.05) is 48.9 Å². The summed E-state index contributed by atoms with van der Waals surface area (Å²) in [5, 5.41) is 5.89. The second-order valence-corrected chi connectivity index (χ2v) is 12.6. The monoisotopic (exact) mass is 668 g/mol. The number of methoxy groups -OCH3 is 1. The van der Waals surface area contributed by atoms with Crippen LogP contribution < -0.4 is 15.4 Å². The molecule has 3 aliphatic carbocycles. The van der Waals surface area contributed by atoms with Crippen molar-refractivity contribution in [2.75, 3.05) is 46.6 Å². The van der Waals surface area contributed by atoms with Crippen molar-refractivity contribution in [1.82, 2.24) is 20.5 Å². The summed E-state index contributed by atoms with van der Waals surface area (Å²) >= 11 is 0. The van der Waals surface area contributed by atoms with Crippen LogP contribution in [-0.2, 0) is 23.8 Å². The summed E-state index contributed by atoms with van der Waals surface area (Å²) in [6.45, 7) is 10.8. The van der Waals surface area contributed by atoms with E-state index < -0.39 is 5.41 Å². The molecule has 2 N–H and O–H groups in total. The lowest BCUT2D eigenvalue weighted by atomic mass is 10.0. The lowest BCUT2D eigenvalue weighted by Gasteiger charge is -2.26. The smallest absolute Gasteiger partial charge is 0.240 e. The number of amides is 2. The fourth-order valence-corrected chi connectivity index (χ4v) is 5.67. The van der Waals surface area contributed by atoms with Gasteiger partial charge in [-0.25, -0.2) is 0 Å². The van der Waals surface area contributed by atoms with Crippen LogP contribution in [0, 0.1) is 5.41 Å². The number of hydrogen-bond acceptors (Lipinski definition) is 8. The number of fused-ring (bicyclic) bond motifs is 1. The molecule has 1 saturated heterocycles. The van der Waals surface area contributed by atoms with Gasteiger partial charge in [0.25, 0.3) is 0 Å². The lowest BCUT2D eigenvalue weighted by molar-refractivity contribution is -0.136. The number of carbonyl (C=O) groups is 2. The standard InChI is InChI=1S/C39H48N4O6/c1-5-8-30(41-37(44)39(16-17-39)38(45)42-31-10-6-9-28(2)11-13-31)14-12-29(3)49-36-15-18-40-35-27-33(25-32(46-4)26-34(35)36)48-22-7-19-43-20-23-47-24-21-43/h5-6,8,10-15,18,26-27H,7,9,16-17,19-25H2,1-4H3,(H,41,44)(H,42,45)/b8-5-,29-12+,30-14+. The van der Waals surface area contributed by atoms with Gasteiger partial charge in [0.05, 0.1) is 39.0 Å². The van der Waals surface area contributed by atoms with E-state index in [0.717, 1.165) is 68.5 Å². The summed E-state index contributed by atoms with van der Waals surface area (Å²) in [5.41, 5.74) is 2.86. The Kier molecular flexibility index (Phi) is 12.5. The Labute approximate surface area is 289 Å². The van der Waals surface area contributed by atoms with Crippen LogP contribution in [0.15, 0.2) is 95.1 Å². The maximum Gasteiger partial charge on any atom is 0.240 e. The van der Waals surface area contributed by atoms with Crippen LogP contribution in [0.4, 0.5) is 0 Å². The predicted molar refractivity (Wildman–Crippen MR) is 190 cm³/mol. The normalized spacial score (nSPS) is 19.3. The highest BCUT2D eigenvalue weighted by molar-refractivity contribution is 6.09. The summed E-state index contributed by atoms with van der Waals surface area (Å²) in [6.07, 6.45) is 23.8. The molecule has 49 heavy (non-hydrogen) atoms. The Hall–Kier alpha value is -4.67. The fraction of sp³-hybridized carbons (Fsp3) is 0.410. The van der Waals surface area contributed by atoms with E-state index in [1.807, 2.05) is 69.4 Å². The molecule has 5 rings (SSSR count). The Morgan fingerprint density at radius 2 is 1.92 bits per heavy atom. The molecule has 0 bridgehead atoms. The first-order valence-corrected chi connectivity index (χ1v) is 17.0. The van der Waals surface area contributed by atoms with Crippen LogP contribution in [0.1, 0.15) is 64.1 Å². The summed E-state index contributed by atoms with van der Waals surface area (Å²) in [6, 6.07) is 1.81. The average Bonchev–Trinajstić information content (AvgIpc) is 3.95. The number of rotatable bonds is 14. The van der Waals surface area contributed by atoms with Gasteiger partial charge < -0.3 is 29.6 Å². The largest absolute Gasteiger partial charge is 0.501 e. The van der Waals surface area contributed by atoms with Crippen LogP contribution in [0.25, 0.3) is 12.2 Å². The van der Waals surface area contributed by atoms with Gasteiger partial charge in [-0.15, -0.1) is 0 Å². The van der Waals surface area contributed by atoms with Gasteiger partial charge in [-0.05, 0) is 89.0 Å². The van der Waals surface area contributed by atoms with Gasteiger partial charge in [-0.3, -0.25) is 19.5 Å². The number of pyridine rings is 1. The molecule has 0 radical (unpaired) electrons. The zero-order chi connectivity index (χ0) is 34.6. The molecule has 0 atom stereocenters. The van der Waals surface area contributed by atoms with Gasteiger partial charge in [0.2, 0.25) is 11.8 Å². The summed E-state index contributed by atoms with van der Waals surface area (Å²) < 4.78 is 23.6. The molecular weight excluding hydrogens is 620 g/mol. The van der Waals surface area contributed by atoms with E-state index in [9.17, 15) is 9.59 Å². The van der Waals surface area contributed by atoms with Gasteiger partial charge in [-0.1, -0.05) is 23.8 Å². The molecule has 1 aliphatic heterocycles. The molecule has 1 saturated carbocycles. The molecule has 10 heteroatoms. The van der Waals surface area contributed by atoms with E-state index in [2.05, 4.69) is 20.5 Å².